The van der Waals surface area contributed by atoms with Crippen LogP contribution < -0.4 is 0 Å². The van der Waals surface area contributed by atoms with Crippen molar-refractivity contribution in [2.24, 2.45) is 0 Å². The molecule has 0 fully saturated rings. The summed E-state index contributed by atoms with van der Waals surface area (Å²) in [6.07, 6.45) is 2.05. The standard InChI is InChI=1S/C62H39N5S/c1-6-20-40(21-7-1)46-31-18-32-47(41-22-8-2-9-23-41)55(46)44-38-51(62-65-60(42-24-10-3-11-25-42)64-61(66-62)43-26-12-4-13-27-43)58(63-39-44)50-33-19-35-53-56(50)57-54(68-53)37-36-49-48-30-16-17-34-52(48)67(59(49)57)45-28-14-5-15-29-45/h1-39H. The van der Waals surface area contributed by atoms with Crippen LogP contribution in [0.4, 0.5) is 0 Å². The summed E-state index contributed by atoms with van der Waals surface area (Å²) in [5, 5.41) is 4.77. The average molecular weight is 886 g/mol. The maximum Gasteiger partial charge on any atom is 0.166 e. The van der Waals surface area contributed by atoms with Crippen LogP contribution in [0.2, 0.25) is 0 Å². The van der Waals surface area contributed by atoms with Crippen molar-refractivity contribution in [1.82, 2.24) is 24.5 Å². The second-order valence-corrected chi connectivity index (χ2v) is 18.0. The number of rotatable bonds is 8. The topological polar surface area (TPSA) is 56.5 Å². The molecule has 0 amide bonds. The van der Waals surface area contributed by atoms with Gasteiger partial charge in [-0.3, -0.25) is 4.98 Å². The minimum absolute atomic E-state index is 0.542. The van der Waals surface area contributed by atoms with Crippen molar-refractivity contribution in [2.45, 2.75) is 0 Å². The van der Waals surface area contributed by atoms with E-state index in [1.54, 1.807) is 0 Å². The molecule has 13 aromatic rings. The van der Waals surface area contributed by atoms with Crippen molar-refractivity contribution < 1.29 is 0 Å². The number of nitrogens with zero attached hydrogens (tertiary/aromatic N) is 5. The van der Waals surface area contributed by atoms with Crippen LogP contribution in [0.15, 0.2) is 237 Å². The Bertz CT molecular complexity index is 3880. The second-order valence-electron chi connectivity index (χ2n) is 16.9. The first-order valence-electron chi connectivity index (χ1n) is 22.8. The van der Waals surface area contributed by atoms with Gasteiger partial charge >= 0.3 is 0 Å². The highest BCUT2D eigenvalue weighted by Gasteiger charge is 2.25. The molecule has 68 heavy (non-hydrogen) atoms. The van der Waals surface area contributed by atoms with Crippen molar-refractivity contribution in [3.8, 4) is 84.5 Å². The SMILES string of the molecule is c1ccc(-c2nc(-c3ccccc3)nc(-c3cc(-c4c(-c5ccccc5)cccc4-c4ccccc4)cnc3-c3cccc4sc5ccc6c7ccccc7n(-c7ccccc7)c6c5c34)n2)cc1. The lowest BCUT2D eigenvalue weighted by Gasteiger charge is -2.18. The first-order valence-corrected chi connectivity index (χ1v) is 23.6. The maximum absolute atomic E-state index is 5.61. The fourth-order valence-corrected chi connectivity index (χ4v) is 11.0. The fraction of sp³-hybridized carbons (Fsp3) is 0. The highest BCUT2D eigenvalue weighted by molar-refractivity contribution is 7.26. The summed E-state index contributed by atoms with van der Waals surface area (Å²) in [4.78, 5) is 21.5. The highest BCUT2D eigenvalue weighted by atomic mass is 32.1. The molecule has 0 atom stereocenters. The van der Waals surface area contributed by atoms with E-state index in [2.05, 4.69) is 199 Å². The van der Waals surface area contributed by atoms with Crippen LogP contribution in [0, 0.1) is 0 Å². The Morgan fingerprint density at radius 1 is 0.353 bits per heavy atom. The molecule has 13 rings (SSSR count). The molecular weight excluding hydrogens is 847 g/mol. The van der Waals surface area contributed by atoms with E-state index in [9.17, 15) is 0 Å². The normalized spacial score (nSPS) is 11.5. The molecule has 4 heterocycles. The number of thiophene rings is 1. The van der Waals surface area contributed by atoms with Crippen molar-refractivity contribution in [1.29, 1.82) is 0 Å². The predicted molar refractivity (Wildman–Crippen MR) is 283 cm³/mol. The lowest BCUT2D eigenvalue weighted by Crippen LogP contribution is -2.02. The summed E-state index contributed by atoms with van der Waals surface area (Å²) in [6, 6.07) is 81.1. The smallest absolute Gasteiger partial charge is 0.166 e. The van der Waals surface area contributed by atoms with Crippen molar-refractivity contribution >= 4 is 53.3 Å². The van der Waals surface area contributed by atoms with Crippen molar-refractivity contribution in [3.63, 3.8) is 0 Å². The van der Waals surface area contributed by atoms with Crippen molar-refractivity contribution in [3.05, 3.63) is 237 Å². The zero-order valence-electron chi connectivity index (χ0n) is 36.7. The van der Waals surface area contributed by atoms with Crippen LogP contribution in [-0.2, 0) is 0 Å². The van der Waals surface area contributed by atoms with Gasteiger partial charge in [0.05, 0.1) is 16.7 Å². The molecule has 0 aliphatic carbocycles. The van der Waals surface area contributed by atoms with E-state index in [4.69, 9.17) is 19.9 Å². The third-order valence-corrected chi connectivity index (χ3v) is 14.0. The molecule has 318 valence electrons. The molecule has 0 aliphatic rings. The monoisotopic (exact) mass is 885 g/mol. The minimum atomic E-state index is 0.542. The second kappa shape index (κ2) is 16.5. The molecule has 6 heteroatoms. The summed E-state index contributed by atoms with van der Waals surface area (Å²) in [6.45, 7) is 0. The Kier molecular flexibility index (Phi) is 9.62. The number of hydrogen-bond donors (Lipinski definition) is 0. The molecule has 0 N–H and O–H groups in total. The number of hydrogen-bond acceptors (Lipinski definition) is 5. The van der Waals surface area contributed by atoms with Crippen LogP contribution in [-0.4, -0.2) is 24.5 Å². The number of fused-ring (bicyclic) bond motifs is 7. The molecule has 5 nitrogen and oxygen atoms in total. The van der Waals surface area contributed by atoms with Gasteiger partial charge in [-0.15, -0.1) is 11.3 Å². The van der Waals surface area contributed by atoms with Gasteiger partial charge < -0.3 is 4.57 Å². The summed E-state index contributed by atoms with van der Waals surface area (Å²) in [7, 11) is 0. The Morgan fingerprint density at radius 3 is 1.50 bits per heavy atom. The number of pyridine rings is 1. The summed E-state index contributed by atoms with van der Waals surface area (Å²) in [5.41, 5.74) is 14.4. The molecule has 4 aromatic heterocycles. The van der Waals surface area contributed by atoms with E-state index in [1.807, 2.05) is 53.9 Å². The van der Waals surface area contributed by atoms with E-state index < -0.39 is 0 Å². The molecule has 0 aliphatic heterocycles. The molecule has 0 saturated heterocycles. The van der Waals surface area contributed by atoms with Crippen LogP contribution in [0.25, 0.3) is 126 Å². The van der Waals surface area contributed by atoms with Gasteiger partial charge in [0.2, 0.25) is 0 Å². The third-order valence-electron chi connectivity index (χ3n) is 12.9. The summed E-state index contributed by atoms with van der Waals surface area (Å²) >= 11 is 1.82. The molecule has 0 radical (unpaired) electrons. The maximum atomic E-state index is 5.61. The lowest BCUT2D eigenvalue weighted by atomic mass is 9.87. The molecule has 9 aromatic carbocycles. The van der Waals surface area contributed by atoms with Gasteiger partial charge in [-0.2, -0.15) is 0 Å². The van der Waals surface area contributed by atoms with E-state index >= 15 is 0 Å². The largest absolute Gasteiger partial charge is 0.309 e. The number of aromatic nitrogens is 5. The predicted octanol–water partition coefficient (Wildman–Crippen LogP) is 16.4. The van der Waals surface area contributed by atoms with Crippen LogP contribution in [0.3, 0.4) is 0 Å². The van der Waals surface area contributed by atoms with Crippen LogP contribution in [0.1, 0.15) is 0 Å². The molecular formula is C62H39N5S. The van der Waals surface area contributed by atoms with Crippen LogP contribution in [0.5, 0.6) is 0 Å². The Morgan fingerprint density at radius 2 is 0.868 bits per heavy atom. The van der Waals surface area contributed by atoms with Gasteiger partial charge in [-0.25, -0.2) is 15.0 Å². The average Bonchev–Trinajstić information content (AvgIpc) is 3.98. The Hall–Kier alpha value is -8.84. The Balaban J connectivity index is 1.15. The van der Waals surface area contributed by atoms with Gasteiger partial charge in [0.1, 0.15) is 0 Å². The van der Waals surface area contributed by atoms with Gasteiger partial charge in [-0.05, 0) is 64.2 Å². The molecule has 0 spiro atoms. The van der Waals surface area contributed by atoms with Gasteiger partial charge in [0.15, 0.2) is 17.5 Å². The van der Waals surface area contributed by atoms with Crippen molar-refractivity contribution in [2.75, 3.05) is 0 Å². The van der Waals surface area contributed by atoms with Gasteiger partial charge in [0.25, 0.3) is 0 Å². The first-order chi connectivity index (χ1) is 33.7. The minimum Gasteiger partial charge on any atom is -0.309 e. The van der Waals surface area contributed by atoms with Crippen LogP contribution >= 0.6 is 11.3 Å². The zero-order valence-corrected chi connectivity index (χ0v) is 37.5. The molecule has 0 bridgehead atoms. The first kappa shape index (κ1) is 39.5. The number of benzene rings is 9. The third kappa shape index (κ3) is 6.69. The van der Waals surface area contributed by atoms with E-state index in [-0.39, 0.29) is 0 Å². The molecule has 0 unspecified atom stereocenters. The molecule has 0 saturated carbocycles. The van der Waals surface area contributed by atoms with E-state index in [1.165, 1.54) is 36.6 Å². The highest BCUT2D eigenvalue weighted by Crippen LogP contribution is 2.48. The fourth-order valence-electron chi connectivity index (χ4n) is 9.90. The Labute approximate surface area is 397 Å². The number of para-hydroxylation sites is 2. The lowest BCUT2D eigenvalue weighted by molar-refractivity contribution is 1.07. The van der Waals surface area contributed by atoms with E-state index in [0.717, 1.165) is 72.4 Å². The van der Waals surface area contributed by atoms with E-state index in [0.29, 0.717) is 17.5 Å². The quantitative estimate of drug-likeness (QED) is 0.153. The van der Waals surface area contributed by atoms with Gasteiger partial charge in [0, 0.05) is 70.6 Å². The zero-order chi connectivity index (χ0) is 45.0. The summed E-state index contributed by atoms with van der Waals surface area (Å²) < 4.78 is 4.82. The van der Waals surface area contributed by atoms with Gasteiger partial charge in [-0.1, -0.05) is 194 Å². The summed E-state index contributed by atoms with van der Waals surface area (Å²) in [5.74, 6) is 1.73.